The monoisotopic (exact) mass is 385 g/mol. The summed E-state index contributed by atoms with van der Waals surface area (Å²) < 4.78 is 5.34. The number of hydrogen-bond acceptors (Lipinski definition) is 3. The van der Waals surface area contributed by atoms with Gasteiger partial charge in [0.25, 0.3) is 0 Å². The lowest BCUT2D eigenvalue weighted by Gasteiger charge is -2.22. The van der Waals surface area contributed by atoms with Crippen molar-refractivity contribution >= 4 is 29.9 Å². The molecule has 1 rings (SSSR count). The first-order valence-corrected chi connectivity index (χ1v) is 6.65. The van der Waals surface area contributed by atoms with E-state index < -0.39 is 0 Å². The highest BCUT2D eigenvalue weighted by molar-refractivity contribution is 14.0. The van der Waals surface area contributed by atoms with Gasteiger partial charge in [-0.2, -0.15) is 0 Å². The molecule has 0 atom stereocenters. The number of nitrogens with one attached hydrogen (secondary N) is 2. The van der Waals surface area contributed by atoms with Crippen LogP contribution in [-0.4, -0.2) is 50.0 Å². The molecule has 1 saturated carbocycles. The van der Waals surface area contributed by atoms with Crippen molar-refractivity contribution in [3.63, 3.8) is 0 Å². The third-order valence-corrected chi connectivity index (χ3v) is 3.44. The summed E-state index contributed by atoms with van der Waals surface area (Å²) in [5.74, 6) is 0.794. The van der Waals surface area contributed by atoms with Crippen LogP contribution in [-0.2, 0) is 4.74 Å². The van der Waals surface area contributed by atoms with Gasteiger partial charge in [0.1, 0.15) is 0 Å². The molecule has 5 nitrogen and oxygen atoms in total. The number of hydrogen-bond donors (Lipinski definition) is 3. The lowest BCUT2D eigenvalue weighted by Crippen LogP contribution is -2.42. The Morgan fingerprint density at radius 3 is 2.42 bits per heavy atom. The van der Waals surface area contributed by atoms with Gasteiger partial charge in [-0.25, -0.2) is 0 Å². The Morgan fingerprint density at radius 1 is 1.37 bits per heavy atom. The highest BCUT2D eigenvalue weighted by Crippen LogP contribution is 2.44. The molecule has 1 aliphatic carbocycles. The molecule has 3 N–H and O–H groups in total. The lowest BCUT2D eigenvalue weighted by atomic mass is 10.1. The minimum absolute atomic E-state index is 0. The molecule has 6 heteroatoms. The van der Waals surface area contributed by atoms with Crippen LogP contribution in [0, 0.1) is 5.41 Å². The standard InChI is InChI=1S/C13H27N3O2.HI/c1-5-14-11(15-8-12(2,3)18-4)16-9-13(10-17)6-7-13;/h17H,5-10H2,1-4H3,(H2,14,15,16);1H. The van der Waals surface area contributed by atoms with E-state index >= 15 is 0 Å². The third-order valence-electron chi connectivity index (χ3n) is 3.44. The molecule has 0 spiro atoms. The fourth-order valence-corrected chi connectivity index (χ4v) is 1.51. The molecule has 0 aromatic carbocycles. The molecular formula is C13H28IN3O2. The van der Waals surface area contributed by atoms with Crippen molar-refractivity contribution in [1.82, 2.24) is 10.6 Å². The number of methoxy groups -OCH3 is 1. The van der Waals surface area contributed by atoms with Crippen LogP contribution in [0.2, 0.25) is 0 Å². The van der Waals surface area contributed by atoms with Crippen molar-refractivity contribution in [2.24, 2.45) is 10.4 Å². The molecule has 0 unspecified atom stereocenters. The number of halogens is 1. The molecule has 0 bridgehead atoms. The number of ether oxygens (including phenoxy) is 1. The summed E-state index contributed by atoms with van der Waals surface area (Å²) in [4.78, 5) is 4.51. The maximum absolute atomic E-state index is 9.28. The normalized spacial score (nSPS) is 17.6. The topological polar surface area (TPSA) is 65.9 Å². The van der Waals surface area contributed by atoms with E-state index in [1.165, 1.54) is 0 Å². The van der Waals surface area contributed by atoms with E-state index in [0.29, 0.717) is 6.54 Å². The second-order valence-corrected chi connectivity index (χ2v) is 5.67. The van der Waals surface area contributed by atoms with Gasteiger partial charge in [0.2, 0.25) is 0 Å². The summed E-state index contributed by atoms with van der Waals surface area (Å²) in [6.45, 7) is 8.52. The van der Waals surface area contributed by atoms with E-state index in [9.17, 15) is 5.11 Å². The van der Waals surface area contributed by atoms with Crippen LogP contribution in [0.15, 0.2) is 4.99 Å². The van der Waals surface area contributed by atoms with Gasteiger partial charge in [0.05, 0.1) is 18.8 Å². The summed E-state index contributed by atoms with van der Waals surface area (Å²) in [5.41, 5.74) is -0.163. The summed E-state index contributed by atoms with van der Waals surface area (Å²) in [6, 6.07) is 0. The molecule has 1 aliphatic rings. The van der Waals surface area contributed by atoms with Crippen LogP contribution >= 0.6 is 24.0 Å². The summed E-state index contributed by atoms with van der Waals surface area (Å²) >= 11 is 0. The van der Waals surface area contributed by atoms with Gasteiger partial charge in [0, 0.05) is 25.6 Å². The second-order valence-electron chi connectivity index (χ2n) is 5.67. The van der Waals surface area contributed by atoms with Gasteiger partial charge in [-0.3, -0.25) is 4.99 Å². The van der Waals surface area contributed by atoms with Crippen LogP contribution in [0.25, 0.3) is 0 Å². The van der Waals surface area contributed by atoms with E-state index in [2.05, 4.69) is 15.6 Å². The maximum atomic E-state index is 9.28. The first kappa shape index (κ1) is 18.9. The van der Waals surface area contributed by atoms with Gasteiger partial charge in [-0.15, -0.1) is 24.0 Å². The fourth-order valence-electron chi connectivity index (χ4n) is 1.51. The van der Waals surface area contributed by atoms with Crippen molar-refractivity contribution < 1.29 is 9.84 Å². The summed E-state index contributed by atoms with van der Waals surface area (Å²) in [6.07, 6.45) is 2.19. The van der Waals surface area contributed by atoms with Crippen molar-refractivity contribution in [2.45, 2.75) is 39.2 Å². The van der Waals surface area contributed by atoms with Crippen LogP contribution < -0.4 is 10.6 Å². The molecule has 1 fully saturated rings. The molecule has 19 heavy (non-hydrogen) atoms. The number of nitrogens with zero attached hydrogens (tertiary/aromatic N) is 1. The highest BCUT2D eigenvalue weighted by Gasteiger charge is 2.41. The van der Waals surface area contributed by atoms with Crippen LogP contribution in [0.3, 0.4) is 0 Å². The molecule has 0 aromatic rings. The van der Waals surface area contributed by atoms with E-state index in [0.717, 1.165) is 31.9 Å². The number of aliphatic imine (C=N–C) groups is 1. The van der Waals surface area contributed by atoms with E-state index in [1.807, 2.05) is 20.8 Å². The van der Waals surface area contributed by atoms with E-state index in [1.54, 1.807) is 7.11 Å². The number of guanidine groups is 1. The van der Waals surface area contributed by atoms with Gasteiger partial charge >= 0.3 is 0 Å². The van der Waals surface area contributed by atoms with Crippen molar-refractivity contribution in [3.8, 4) is 0 Å². The molecule has 0 aliphatic heterocycles. The quantitative estimate of drug-likeness (QED) is 0.352. The SMILES string of the molecule is CCNC(=NCC(C)(C)OC)NCC1(CO)CC1.I. The molecule has 0 radical (unpaired) electrons. The number of aliphatic hydroxyl groups excluding tert-OH is 1. The first-order valence-electron chi connectivity index (χ1n) is 6.65. The zero-order valence-electron chi connectivity index (χ0n) is 12.5. The molecular weight excluding hydrogens is 357 g/mol. The Morgan fingerprint density at radius 2 is 2.00 bits per heavy atom. The van der Waals surface area contributed by atoms with Crippen LogP contribution in [0.1, 0.15) is 33.6 Å². The molecule has 0 saturated heterocycles. The Hall–Kier alpha value is -0.0800. The zero-order valence-corrected chi connectivity index (χ0v) is 14.8. The van der Waals surface area contributed by atoms with Gasteiger partial charge in [-0.05, 0) is 33.6 Å². The predicted octanol–water partition coefficient (Wildman–Crippen LogP) is 1.36. The average molecular weight is 385 g/mol. The van der Waals surface area contributed by atoms with Crippen molar-refractivity contribution in [3.05, 3.63) is 0 Å². The molecule has 0 aromatic heterocycles. The maximum Gasteiger partial charge on any atom is 0.191 e. The van der Waals surface area contributed by atoms with Gasteiger partial charge in [-0.1, -0.05) is 0 Å². The Balaban J connectivity index is 0.00000324. The largest absolute Gasteiger partial charge is 0.396 e. The molecule has 0 heterocycles. The highest BCUT2D eigenvalue weighted by atomic mass is 127. The minimum Gasteiger partial charge on any atom is -0.396 e. The van der Waals surface area contributed by atoms with E-state index in [-0.39, 0.29) is 41.6 Å². The van der Waals surface area contributed by atoms with Crippen LogP contribution in [0.5, 0.6) is 0 Å². The molecule has 0 amide bonds. The first-order chi connectivity index (χ1) is 8.47. The van der Waals surface area contributed by atoms with Gasteiger partial charge < -0.3 is 20.5 Å². The Labute approximate surface area is 133 Å². The Kier molecular flexibility index (Phi) is 8.23. The van der Waals surface area contributed by atoms with Crippen molar-refractivity contribution in [1.29, 1.82) is 0 Å². The van der Waals surface area contributed by atoms with Gasteiger partial charge in [0.15, 0.2) is 5.96 Å². The van der Waals surface area contributed by atoms with Crippen LogP contribution in [0.4, 0.5) is 0 Å². The average Bonchev–Trinajstić information content (AvgIpc) is 3.13. The minimum atomic E-state index is -0.253. The third kappa shape index (κ3) is 6.76. The summed E-state index contributed by atoms with van der Waals surface area (Å²) in [7, 11) is 1.70. The smallest absolute Gasteiger partial charge is 0.191 e. The number of aliphatic hydroxyl groups is 1. The van der Waals surface area contributed by atoms with Crippen molar-refractivity contribution in [2.75, 3.05) is 33.4 Å². The second kappa shape index (κ2) is 8.26. The number of rotatable bonds is 7. The lowest BCUT2D eigenvalue weighted by molar-refractivity contribution is 0.0310. The zero-order chi connectivity index (χ0) is 13.6. The molecule has 114 valence electrons. The van der Waals surface area contributed by atoms with E-state index in [4.69, 9.17) is 4.74 Å². The summed E-state index contributed by atoms with van der Waals surface area (Å²) in [5, 5.41) is 15.8. The Bertz CT molecular complexity index is 292. The predicted molar refractivity (Wildman–Crippen MR) is 89.2 cm³/mol. The fraction of sp³-hybridized carbons (Fsp3) is 0.923.